The van der Waals surface area contributed by atoms with Gasteiger partial charge in [-0.3, -0.25) is 0 Å². The van der Waals surface area contributed by atoms with Crippen molar-refractivity contribution in [2.75, 3.05) is 12.4 Å². The highest BCUT2D eigenvalue weighted by molar-refractivity contribution is 7.99. The van der Waals surface area contributed by atoms with Crippen molar-refractivity contribution in [3.63, 3.8) is 0 Å². The molecule has 1 unspecified atom stereocenters. The summed E-state index contributed by atoms with van der Waals surface area (Å²) in [5.74, 6) is 1.27. The van der Waals surface area contributed by atoms with Crippen molar-refractivity contribution in [1.29, 1.82) is 0 Å². The highest BCUT2D eigenvalue weighted by atomic mass is 32.2. The lowest BCUT2D eigenvalue weighted by Crippen LogP contribution is -2.03. The lowest BCUT2D eigenvalue weighted by Gasteiger charge is -2.05. The maximum Gasteiger partial charge on any atom is 0.0959 e. The molecule has 12 heavy (non-hydrogen) atoms. The molecule has 0 radical (unpaired) electrons. The molecule has 1 rings (SSSR count). The van der Waals surface area contributed by atoms with Crippen molar-refractivity contribution in [2.24, 2.45) is 5.92 Å². The summed E-state index contributed by atoms with van der Waals surface area (Å²) in [5.41, 5.74) is 0. The van der Waals surface area contributed by atoms with Crippen LogP contribution < -0.4 is 0 Å². The maximum atomic E-state index is 8.78. The van der Waals surface area contributed by atoms with Gasteiger partial charge < -0.3 is 5.11 Å². The maximum absolute atomic E-state index is 8.78. The number of aliphatic hydroxyl groups excluding tert-OH is 1. The Balaban J connectivity index is 2.33. The molecule has 1 aromatic heterocycles. The third-order valence-corrected chi connectivity index (χ3v) is 2.74. The van der Waals surface area contributed by atoms with Gasteiger partial charge in [0.1, 0.15) is 0 Å². The zero-order valence-electron chi connectivity index (χ0n) is 7.10. The van der Waals surface area contributed by atoms with Gasteiger partial charge in [0.15, 0.2) is 0 Å². The predicted molar refractivity (Wildman–Crippen MR) is 51.2 cm³/mol. The van der Waals surface area contributed by atoms with E-state index >= 15 is 0 Å². The molecule has 1 N–H and O–H groups in total. The summed E-state index contributed by atoms with van der Waals surface area (Å²) in [6, 6.07) is 5.85. The monoisotopic (exact) mass is 183 g/mol. The van der Waals surface area contributed by atoms with Crippen molar-refractivity contribution in [3.8, 4) is 0 Å². The number of thioether (sulfide) groups is 1. The van der Waals surface area contributed by atoms with Gasteiger partial charge in [-0.15, -0.1) is 11.8 Å². The van der Waals surface area contributed by atoms with Crippen molar-refractivity contribution in [1.82, 2.24) is 4.98 Å². The van der Waals surface area contributed by atoms with Crippen LogP contribution in [0.3, 0.4) is 0 Å². The molecule has 0 saturated carbocycles. The van der Waals surface area contributed by atoms with E-state index in [4.69, 9.17) is 5.11 Å². The second kappa shape index (κ2) is 5.17. The molecule has 0 fully saturated rings. The van der Waals surface area contributed by atoms with Crippen molar-refractivity contribution < 1.29 is 5.11 Å². The van der Waals surface area contributed by atoms with E-state index in [0.717, 1.165) is 10.8 Å². The molecular weight excluding hydrogens is 170 g/mol. The highest BCUT2D eigenvalue weighted by Gasteiger charge is 2.00. The number of hydrogen-bond donors (Lipinski definition) is 1. The summed E-state index contributed by atoms with van der Waals surface area (Å²) in [6.45, 7) is 2.27. The van der Waals surface area contributed by atoms with E-state index in [1.165, 1.54) is 0 Å². The first-order valence-electron chi connectivity index (χ1n) is 3.97. The van der Waals surface area contributed by atoms with Crippen LogP contribution in [-0.2, 0) is 0 Å². The first-order valence-corrected chi connectivity index (χ1v) is 4.96. The molecule has 2 nitrogen and oxygen atoms in total. The van der Waals surface area contributed by atoms with E-state index in [-0.39, 0.29) is 6.61 Å². The predicted octanol–water partition coefficient (Wildman–Crippen LogP) is 1.80. The lowest BCUT2D eigenvalue weighted by atomic mass is 10.2. The van der Waals surface area contributed by atoms with E-state index in [1.807, 2.05) is 25.1 Å². The topological polar surface area (TPSA) is 33.1 Å². The first-order chi connectivity index (χ1) is 5.83. The molecule has 1 aromatic rings. The van der Waals surface area contributed by atoms with Gasteiger partial charge in [0.25, 0.3) is 0 Å². The van der Waals surface area contributed by atoms with Crippen LogP contribution in [0.1, 0.15) is 6.92 Å². The van der Waals surface area contributed by atoms with Gasteiger partial charge in [-0.25, -0.2) is 4.98 Å². The second-order valence-corrected chi connectivity index (χ2v) is 3.81. The largest absolute Gasteiger partial charge is 0.396 e. The van der Waals surface area contributed by atoms with E-state index in [0.29, 0.717) is 5.92 Å². The van der Waals surface area contributed by atoms with Gasteiger partial charge in [-0.1, -0.05) is 13.0 Å². The highest BCUT2D eigenvalue weighted by Crippen LogP contribution is 2.16. The summed E-state index contributed by atoms with van der Waals surface area (Å²) in [7, 11) is 0. The standard InChI is InChI=1S/C9H13NOS/c1-8(6-11)7-12-9-4-2-3-5-10-9/h2-5,8,11H,6-7H2,1H3. The molecular formula is C9H13NOS. The molecule has 0 aliphatic carbocycles. The van der Waals surface area contributed by atoms with Crippen molar-refractivity contribution >= 4 is 11.8 Å². The Labute approximate surface area is 77.0 Å². The van der Waals surface area contributed by atoms with Gasteiger partial charge in [-0.2, -0.15) is 0 Å². The summed E-state index contributed by atoms with van der Waals surface area (Å²) in [6.07, 6.45) is 1.78. The zero-order valence-corrected chi connectivity index (χ0v) is 7.92. The smallest absolute Gasteiger partial charge is 0.0959 e. The Morgan fingerprint density at radius 1 is 1.58 bits per heavy atom. The normalized spacial score (nSPS) is 12.8. The quantitative estimate of drug-likeness (QED) is 0.723. The average Bonchev–Trinajstić information content (AvgIpc) is 2.16. The fourth-order valence-corrected chi connectivity index (χ4v) is 1.58. The van der Waals surface area contributed by atoms with Crippen LogP contribution in [0.4, 0.5) is 0 Å². The number of hydrogen-bond acceptors (Lipinski definition) is 3. The zero-order chi connectivity index (χ0) is 8.81. The molecule has 0 amide bonds. The van der Waals surface area contributed by atoms with Gasteiger partial charge in [0, 0.05) is 18.6 Å². The SMILES string of the molecule is CC(CO)CSc1ccccn1. The van der Waals surface area contributed by atoms with Gasteiger partial charge in [0.05, 0.1) is 5.03 Å². The van der Waals surface area contributed by atoms with Crippen LogP contribution in [0, 0.1) is 5.92 Å². The summed E-state index contributed by atoms with van der Waals surface area (Å²) >= 11 is 1.68. The number of aliphatic hydroxyl groups is 1. The van der Waals surface area contributed by atoms with Crippen LogP contribution in [0.2, 0.25) is 0 Å². The molecule has 0 spiro atoms. The summed E-state index contributed by atoms with van der Waals surface area (Å²) in [5, 5.41) is 9.80. The summed E-state index contributed by atoms with van der Waals surface area (Å²) in [4.78, 5) is 4.17. The number of nitrogens with zero attached hydrogens (tertiary/aromatic N) is 1. The molecule has 3 heteroatoms. The molecule has 0 aromatic carbocycles. The Bertz CT molecular complexity index is 215. The van der Waals surface area contributed by atoms with Crippen LogP contribution in [0.5, 0.6) is 0 Å². The number of aromatic nitrogens is 1. The lowest BCUT2D eigenvalue weighted by molar-refractivity contribution is 0.250. The third-order valence-electron chi connectivity index (χ3n) is 1.47. The number of pyridine rings is 1. The minimum atomic E-state index is 0.250. The summed E-state index contributed by atoms with van der Waals surface area (Å²) < 4.78 is 0. The molecule has 0 aliphatic rings. The van der Waals surface area contributed by atoms with E-state index < -0.39 is 0 Å². The van der Waals surface area contributed by atoms with Crippen LogP contribution in [0.15, 0.2) is 29.4 Å². The molecule has 0 aliphatic heterocycles. The van der Waals surface area contributed by atoms with E-state index in [1.54, 1.807) is 18.0 Å². The first kappa shape index (κ1) is 9.55. The van der Waals surface area contributed by atoms with Gasteiger partial charge >= 0.3 is 0 Å². The molecule has 1 heterocycles. The second-order valence-electron chi connectivity index (χ2n) is 2.77. The van der Waals surface area contributed by atoms with Crippen LogP contribution in [-0.4, -0.2) is 22.5 Å². The minimum absolute atomic E-state index is 0.250. The molecule has 0 bridgehead atoms. The van der Waals surface area contributed by atoms with Crippen LogP contribution in [0.25, 0.3) is 0 Å². The Morgan fingerprint density at radius 2 is 2.42 bits per heavy atom. The Hall–Kier alpha value is -0.540. The fourth-order valence-electron chi connectivity index (χ4n) is 0.713. The Morgan fingerprint density at radius 3 is 3.00 bits per heavy atom. The molecule has 66 valence electrons. The third kappa shape index (κ3) is 3.24. The molecule has 1 atom stereocenters. The Kier molecular flexibility index (Phi) is 4.11. The average molecular weight is 183 g/mol. The van der Waals surface area contributed by atoms with Crippen LogP contribution >= 0.6 is 11.8 Å². The van der Waals surface area contributed by atoms with Gasteiger partial charge in [-0.05, 0) is 18.1 Å². The number of rotatable bonds is 4. The van der Waals surface area contributed by atoms with Gasteiger partial charge in [0.2, 0.25) is 0 Å². The van der Waals surface area contributed by atoms with E-state index in [2.05, 4.69) is 4.98 Å². The van der Waals surface area contributed by atoms with E-state index in [9.17, 15) is 0 Å². The minimum Gasteiger partial charge on any atom is -0.396 e. The van der Waals surface area contributed by atoms with Crippen molar-refractivity contribution in [2.45, 2.75) is 11.9 Å². The fraction of sp³-hybridized carbons (Fsp3) is 0.444. The van der Waals surface area contributed by atoms with Crippen molar-refractivity contribution in [3.05, 3.63) is 24.4 Å². The molecule has 0 saturated heterocycles.